The van der Waals surface area contributed by atoms with Crippen molar-refractivity contribution in [1.29, 1.82) is 0 Å². The largest absolute Gasteiger partial charge is 0.356 e. The predicted octanol–water partition coefficient (Wildman–Crippen LogP) is 2.90. The fraction of sp³-hybridized carbons (Fsp3) is 0.526. The van der Waals surface area contributed by atoms with E-state index in [1.54, 1.807) is 10.9 Å². The van der Waals surface area contributed by atoms with E-state index in [9.17, 15) is 0 Å². The lowest BCUT2D eigenvalue weighted by Gasteiger charge is -2.28. The molecule has 0 radical (unpaired) electrons. The Morgan fingerprint density at radius 1 is 1.28 bits per heavy atom. The van der Waals surface area contributed by atoms with Crippen molar-refractivity contribution < 1.29 is 0 Å². The number of aliphatic imine (C=N–C) groups is 1. The lowest BCUT2D eigenvalue weighted by molar-refractivity contribution is 0.283. The normalized spacial score (nSPS) is 16.8. The van der Waals surface area contributed by atoms with Crippen LogP contribution in [0, 0.1) is 5.41 Å². The lowest BCUT2D eigenvalue weighted by atomic mass is 9.83. The second kappa shape index (κ2) is 8.14. The first-order valence-corrected chi connectivity index (χ1v) is 9.14. The zero-order valence-corrected chi connectivity index (χ0v) is 15.2. The SMILES string of the molecule is CCC1(CNC(=NC)NCc2ccnc(-n3cccn3)c2)CCCC1. The highest BCUT2D eigenvalue weighted by Crippen LogP contribution is 2.40. The molecule has 0 aliphatic heterocycles. The van der Waals surface area contributed by atoms with Gasteiger partial charge in [0, 0.05) is 38.7 Å². The third-order valence-electron chi connectivity index (χ3n) is 5.28. The van der Waals surface area contributed by atoms with Gasteiger partial charge in [-0.15, -0.1) is 0 Å². The van der Waals surface area contributed by atoms with E-state index in [0.29, 0.717) is 12.0 Å². The Morgan fingerprint density at radius 2 is 2.12 bits per heavy atom. The van der Waals surface area contributed by atoms with Gasteiger partial charge in [0.1, 0.15) is 0 Å². The maximum atomic E-state index is 4.36. The Morgan fingerprint density at radius 3 is 2.80 bits per heavy atom. The molecule has 1 fully saturated rings. The first-order valence-electron chi connectivity index (χ1n) is 9.14. The smallest absolute Gasteiger partial charge is 0.191 e. The van der Waals surface area contributed by atoms with E-state index in [2.05, 4.69) is 32.6 Å². The van der Waals surface area contributed by atoms with Crippen molar-refractivity contribution in [2.75, 3.05) is 13.6 Å². The molecule has 3 rings (SSSR count). The summed E-state index contributed by atoms with van der Waals surface area (Å²) in [5.74, 6) is 1.68. The molecular weight excluding hydrogens is 312 g/mol. The van der Waals surface area contributed by atoms with Crippen molar-refractivity contribution in [2.24, 2.45) is 10.4 Å². The predicted molar refractivity (Wildman–Crippen MR) is 101 cm³/mol. The van der Waals surface area contributed by atoms with Crippen molar-refractivity contribution in [1.82, 2.24) is 25.4 Å². The summed E-state index contributed by atoms with van der Waals surface area (Å²) in [7, 11) is 1.82. The van der Waals surface area contributed by atoms with E-state index in [1.807, 2.05) is 37.6 Å². The van der Waals surface area contributed by atoms with Crippen LogP contribution in [-0.4, -0.2) is 34.3 Å². The number of nitrogens with one attached hydrogen (secondary N) is 2. The van der Waals surface area contributed by atoms with Gasteiger partial charge in [-0.1, -0.05) is 19.8 Å². The van der Waals surface area contributed by atoms with Gasteiger partial charge in [-0.3, -0.25) is 4.99 Å². The monoisotopic (exact) mass is 340 g/mol. The molecule has 0 atom stereocenters. The molecule has 1 aliphatic rings. The summed E-state index contributed by atoms with van der Waals surface area (Å²) >= 11 is 0. The summed E-state index contributed by atoms with van der Waals surface area (Å²) in [5.41, 5.74) is 1.59. The molecule has 2 heterocycles. The lowest BCUT2D eigenvalue weighted by Crippen LogP contribution is -2.42. The molecule has 2 N–H and O–H groups in total. The van der Waals surface area contributed by atoms with E-state index < -0.39 is 0 Å². The molecule has 2 aromatic heterocycles. The zero-order valence-electron chi connectivity index (χ0n) is 15.2. The fourth-order valence-corrected chi connectivity index (χ4v) is 3.56. The van der Waals surface area contributed by atoms with E-state index in [-0.39, 0.29) is 0 Å². The number of pyridine rings is 1. The highest BCUT2D eigenvalue weighted by Gasteiger charge is 2.31. The molecule has 1 saturated carbocycles. The van der Waals surface area contributed by atoms with Gasteiger partial charge in [0.2, 0.25) is 0 Å². The highest BCUT2D eigenvalue weighted by molar-refractivity contribution is 5.79. The summed E-state index contributed by atoms with van der Waals surface area (Å²) in [6.45, 7) is 4.00. The molecule has 1 aliphatic carbocycles. The number of rotatable bonds is 6. The minimum absolute atomic E-state index is 0.446. The molecule has 2 aromatic rings. The summed E-state index contributed by atoms with van der Waals surface area (Å²) < 4.78 is 1.77. The second-order valence-corrected chi connectivity index (χ2v) is 6.81. The van der Waals surface area contributed by atoms with Gasteiger partial charge in [0.05, 0.1) is 0 Å². The van der Waals surface area contributed by atoms with Crippen molar-refractivity contribution in [2.45, 2.75) is 45.6 Å². The molecule has 25 heavy (non-hydrogen) atoms. The first kappa shape index (κ1) is 17.5. The first-order chi connectivity index (χ1) is 12.2. The van der Waals surface area contributed by atoms with Crippen LogP contribution in [0.15, 0.2) is 41.8 Å². The van der Waals surface area contributed by atoms with E-state index in [0.717, 1.165) is 23.9 Å². The summed E-state index contributed by atoms with van der Waals surface area (Å²) in [6.07, 6.45) is 12.1. The highest BCUT2D eigenvalue weighted by atomic mass is 15.3. The Kier molecular flexibility index (Phi) is 5.68. The van der Waals surface area contributed by atoms with Crippen molar-refractivity contribution in [3.05, 3.63) is 42.4 Å². The molecular formula is C19H28N6. The van der Waals surface area contributed by atoms with Crippen LogP contribution in [-0.2, 0) is 6.54 Å². The molecule has 0 aromatic carbocycles. The van der Waals surface area contributed by atoms with Gasteiger partial charge < -0.3 is 10.6 Å². The molecule has 0 spiro atoms. The molecule has 6 heteroatoms. The van der Waals surface area contributed by atoms with Crippen LogP contribution in [0.5, 0.6) is 0 Å². The summed E-state index contributed by atoms with van der Waals surface area (Å²) in [5, 5.41) is 11.2. The topological polar surface area (TPSA) is 67.1 Å². The minimum atomic E-state index is 0.446. The van der Waals surface area contributed by atoms with Crippen molar-refractivity contribution in [3.8, 4) is 5.82 Å². The van der Waals surface area contributed by atoms with Crippen LogP contribution < -0.4 is 10.6 Å². The minimum Gasteiger partial charge on any atom is -0.356 e. The molecule has 0 saturated heterocycles. The fourth-order valence-electron chi connectivity index (χ4n) is 3.56. The van der Waals surface area contributed by atoms with Crippen LogP contribution in [0.2, 0.25) is 0 Å². The van der Waals surface area contributed by atoms with Gasteiger partial charge >= 0.3 is 0 Å². The number of guanidine groups is 1. The number of hydrogen-bond donors (Lipinski definition) is 2. The Bertz CT molecular complexity index is 686. The Balaban J connectivity index is 1.55. The third kappa shape index (κ3) is 4.38. The average molecular weight is 340 g/mol. The molecule has 0 unspecified atom stereocenters. The standard InChI is InChI=1S/C19H28N6/c1-3-19(8-4-5-9-19)15-23-18(20-2)22-14-16-7-11-21-17(13-16)25-12-6-10-24-25/h6-7,10-13H,3-5,8-9,14-15H2,1-2H3,(H2,20,22,23). The van der Waals surface area contributed by atoms with Gasteiger partial charge in [-0.25, -0.2) is 9.67 Å². The van der Waals surface area contributed by atoms with Crippen LogP contribution >= 0.6 is 0 Å². The quantitative estimate of drug-likeness (QED) is 0.627. The molecule has 0 bridgehead atoms. The summed E-state index contributed by atoms with van der Waals surface area (Å²) in [6, 6.07) is 5.94. The van der Waals surface area contributed by atoms with Crippen molar-refractivity contribution in [3.63, 3.8) is 0 Å². The van der Waals surface area contributed by atoms with Gasteiger partial charge in [-0.2, -0.15) is 5.10 Å². The zero-order chi connectivity index (χ0) is 17.5. The third-order valence-corrected chi connectivity index (χ3v) is 5.28. The summed E-state index contributed by atoms with van der Waals surface area (Å²) in [4.78, 5) is 8.73. The van der Waals surface area contributed by atoms with Crippen LogP contribution in [0.3, 0.4) is 0 Å². The van der Waals surface area contributed by atoms with Gasteiger partial charge in [-0.05, 0) is 48.4 Å². The maximum absolute atomic E-state index is 4.36. The average Bonchev–Trinajstić information content (AvgIpc) is 3.35. The Hall–Kier alpha value is -2.37. The molecule has 6 nitrogen and oxygen atoms in total. The molecule has 0 amide bonds. The molecule has 134 valence electrons. The van der Waals surface area contributed by atoms with E-state index >= 15 is 0 Å². The van der Waals surface area contributed by atoms with Gasteiger partial charge in [0.25, 0.3) is 0 Å². The number of aromatic nitrogens is 3. The van der Waals surface area contributed by atoms with Crippen LogP contribution in [0.4, 0.5) is 0 Å². The van der Waals surface area contributed by atoms with Crippen LogP contribution in [0.25, 0.3) is 5.82 Å². The maximum Gasteiger partial charge on any atom is 0.191 e. The van der Waals surface area contributed by atoms with Crippen LogP contribution in [0.1, 0.15) is 44.6 Å². The van der Waals surface area contributed by atoms with E-state index in [4.69, 9.17) is 0 Å². The number of hydrogen-bond acceptors (Lipinski definition) is 3. The van der Waals surface area contributed by atoms with Crippen molar-refractivity contribution >= 4 is 5.96 Å². The second-order valence-electron chi connectivity index (χ2n) is 6.81. The Labute approximate surface area is 149 Å². The van der Waals surface area contributed by atoms with E-state index in [1.165, 1.54) is 32.1 Å². The van der Waals surface area contributed by atoms with Gasteiger partial charge in [0.15, 0.2) is 11.8 Å². The number of nitrogens with zero attached hydrogens (tertiary/aromatic N) is 4.